The van der Waals surface area contributed by atoms with Gasteiger partial charge in [0.15, 0.2) is 11.5 Å². The van der Waals surface area contributed by atoms with Crippen molar-refractivity contribution < 1.29 is 14.3 Å². The molecule has 0 fully saturated rings. The van der Waals surface area contributed by atoms with Gasteiger partial charge in [0, 0.05) is 18.7 Å². The van der Waals surface area contributed by atoms with Crippen LogP contribution in [0.1, 0.15) is 13.8 Å². The molecule has 0 atom stereocenters. The molecular formula is C14H20N2O3. The first-order valence-corrected chi connectivity index (χ1v) is 6.37. The number of methoxy groups -OCH3 is 2. The Morgan fingerprint density at radius 1 is 1.26 bits per heavy atom. The summed E-state index contributed by atoms with van der Waals surface area (Å²) in [7, 11) is 3.19. The molecule has 1 aliphatic rings. The summed E-state index contributed by atoms with van der Waals surface area (Å²) in [5, 5.41) is 3.11. The van der Waals surface area contributed by atoms with Gasteiger partial charge in [-0.05, 0) is 5.92 Å². The van der Waals surface area contributed by atoms with Crippen molar-refractivity contribution in [1.29, 1.82) is 0 Å². The average molecular weight is 264 g/mol. The van der Waals surface area contributed by atoms with E-state index >= 15 is 0 Å². The Morgan fingerprint density at radius 2 is 1.89 bits per heavy atom. The van der Waals surface area contributed by atoms with Gasteiger partial charge in [0.25, 0.3) is 0 Å². The van der Waals surface area contributed by atoms with Crippen LogP contribution in [0.25, 0.3) is 0 Å². The van der Waals surface area contributed by atoms with Gasteiger partial charge < -0.3 is 19.7 Å². The SMILES string of the molecule is COc1cc2c(cc1OC)N(CC(C)C)C(=O)CN2. The van der Waals surface area contributed by atoms with Gasteiger partial charge in [-0.25, -0.2) is 0 Å². The maximum Gasteiger partial charge on any atom is 0.246 e. The van der Waals surface area contributed by atoms with Crippen LogP contribution in [0.5, 0.6) is 11.5 Å². The van der Waals surface area contributed by atoms with Crippen LogP contribution in [-0.2, 0) is 4.79 Å². The van der Waals surface area contributed by atoms with Gasteiger partial charge >= 0.3 is 0 Å². The summed E-state index contributed by atoms with van der Waals surface area (Å²) < 4.78 is 10.6. The number of amides is 1. The quantitative estimate of drug-likeness (QED) is 0.905. The van der Waals surface area contributed by atoms with E-state index in [1.165, 1.54) is 0 Å². The van der Waals surface area contributed by atoms with Crippen LogP contribution in [0, 0.1) is 5.92 Å². The van der Waals surface area contributed by atoms with E-state index in [1.54, 1.807) is 19.1 Å². The van der Waals surface area contributed by atoms with Gasteiger partial charge in [-0.3, -0.25) is 4.79 Å². The van der Waals surface area contributed by atoms with E-state index in [9.17, 15) is 4.79 Å². The first kappa shape index (κ1) is 13.5. The minimum Gasteiger partial charge on any atom is -0.493 e. The van der Waals surface area contributed by atoms with E-state index in [2.05, 4.69) is 19.2 Å². The van der Waals surface area contributed by atoms with Crippen LogP contribution in [0.3, 0.4) is 0 Å². The fraction of sp³-hybridized carbons (Fsp3) is 0.500. The van der Waals surface area contributed by atoms with Crippen LogP contribution in [0.15, 0.2) is 12.1 Å². The molecule has 0 bridgehead atoms. The lowest BCUT2D eigenvalue weighted by molar-refractivity contribution is -0.117. The van der Waals surface area contributed by atoms with E-state index in [0.29, 0.717) is 30.5 Å². The third-order valence-corrected chi connectivity index (χ3v) is 3.07. The number of benzene rings is 1. The molecule has 1 aromatic rings. The first-order valence-electron chi connectivity index (χ1n) is 6.37. The molecule has 2 rings (SSSR count). The van der Waals surface area contributed by atoms with Gasteiger partial charge in [0.2, 0.25) is 5.91 Å². The number of carbonyl (C=O) groups is 1. The molecule has 1 amide bonds. The minimum atomic E-state index is 0.0772. The van der Waals surface area contributed by atoms with E-state index in [1.807, 2.05) is 12.1 Å². The normalized spacial score (nSPS) is 14.2. The second kappa shape index (κ2) is 5.38. The average Bonchev–Trinajstić information content (AvgIpc) is 2.40. The van der Waals surface area contributed by atoms with Crippen molar-refractivity contribution in [2.24, 2.45) is 5.92 Å². The molecule has 5 nitrogen and oxygen atoms in total. The zero-order valence-electron chi connectivity index (χ0n) is 11.8. The fourth-order valence-corrected chi connectivity index (χ4v) is 2.20. The van der Waals surface area contributed by atoms with Crippen LogP contribution in [0.4, 0.5) is 11.4 Å². The lowest BCUT2D eigenvalue weighted by atomic mass is 10.1. The number of ether oxygens (including phenoxy) is 2. The lowest BCUT2D eigenvalue weighted by Gasteiger charge is -2.32. The Hall–Kier alpha value is -1.91. The number of nitrogens with one attached hydrogen (secondary N) is 1. The summed E-state index contributed by atoms with van der Waals surface area (Å²) in [6, 6.07) is 3.72. The number of nitrogens with zero attached hydrogens (tertiary/aromatic N) is 1. The highest BCUT2D eigenvalue weighted by atomic mass is 16.5. The van der Waals surface area contributed by atoms with Crippen molar-refractivity contribution in [2.75, 3.05) is 37.5 Å². The Morgan fingerprint density at radius 3 is 2.47 bits per heavy atom. The molecule has 0 radical (unpaired) electrons. The van der Waals surface area contributed by atoms with Gasteiger partial charge in [-0.15, -0.1) is 0 Å². The smallest absolute Gasteiger partial charge is 0.246 e. The summed E-state index contributed by atoms with van der Waals surface area (Å²) >= 11 is 0. The maximum absolute atomic E-state index is 12.0. The van der Waals surface area contributed by atoms with Crippen LogP contribution >= 0.6 is 0 Å². The molecular weight excluding hydrogens is 244 g/mol. The van der Waals surface area contributed by atoms with Crippen LogP contribution in [0.2, 0.25) is 0 Å². The topological polar surface area (TPSA) is 50.8 Å². The van der Waals surface area contributed by atoms with Gasteiger partial charge in [-0.2, -0.15) is 0 Å². The zero-order valence-corrected chi connectivity index (χ0v) is 11.8. The molecule has 0 aromatic heterocycles. The molecule has 1 aliphatic heterocycles. The number of carbonyl (C=O) groups excluding carboxylic acids is 1. The van der Waals surface area contributed by atoms with Crippen molar-refractivity contribution in [3.8, 4) is 11.5 Å². The molecule has 1 N–H and O–H groups in total. The van der Waals surface area contributed by atoms with Crippen molar-refractivity contribution in [1.82, 2.24) is 0 Å². The monoisotopic (exact) mass is 264 g/mol. The van der Waals surface area contributed by atoms with Gasteiger partial charge in [-0.1, -0.05) is 13.8 Å². The summed E-state index contributed by atoms with van der Waals surface area (Å²) in [5.74, 6) is 1.77. The van der Waals surface area contributed by atoms with Crippen molar-refractivity contribution in [3.05, 3.63) is 12.1 Å². The Labute approximate surface area is 113 Å². The summed E-state index contributed by atoms with van der Waals surface area (Å²) in [5.41, 5.74) is 1.75. The second-order valence-corrected chi connectivity index (χ2v) is 4.98. The molecule has 0 spiro atoms. The van der Waals surface area contributed by atoms with Crippen molar-refractivity contribution >= 4 is 17.3 Å². The summed E-state index contributed by atoms with van der Waals surface area (Å²) in [6.45, 7) is 5.20. The van der Waals surface area contributed by atoms with E-state index in [4.69, 9.17) is 9.47 Å². The Balaban J connectivity index is 2.45. The predicted molar refractivity (Wildman–Crippen MR) is 75.2 cm³/mol. The lowest BCUT2D eigenvalue weighted by Crippen LogP contribution is -2.41. The molecule has 5 heteroatoms. The highest BCUT2D eigenvalue weighted by molar-refractivity contribution is 6.03. The number of hydrogen-bond donors (Lipinski definition) is 1. The molecule has 1 aromatic carbocycles. The third kappa shape index (κ3) is 2.59. The Kier molecular flexibility index (Phi) is 3.83. The molecule has 104 valence electrons. The zero-order chi connectivity index (χ0) is 14.0. The van der Waals surface area contributed by atoms with Gasteiger partial charge in [0.1, 0.15) is 0 Å². The van der Waals surface area contributed by atoms with Crippen molar-refractivity contribution in [3.63, 3.8) is 0 Å². The van der Waals surface area contributed by atoms with Crippen LogP contribution < -0.4 is 19.7 Å². The number of hydrogen-bond acceptors (Lipinski definition) is 4. The standard InChI is InChI=1S/C14H20N2O3/c1-9(2)8-16-11-6-13(19-4)12(18-3)5-10(11)15-7-14(16)17/h5-6,9,15H,7-8H2,1-4H3. The predicted octanol–water partition coefficient (Wildman–Crippen LogP) is 2.12. The fourth-order valence-electron chi connectivity index (χ4n) is 2.20. The summed E-state index contributed by atoms with van der Waals surface area (Å²) in [4.78, 5) is 13.8. The van der Waals surface area contributed by atoms with E-state index in [0.717, 1.165) is 11.4 Å². The molecule has 1 heterocycles. The molecule has 0 saturated heterocycles. The Bertz CT molecular complexity index is 486. The first-order chi connectivity index (χ1) is 9.06. The largest absolute Gasteiger partial charge is 0.493 e. The summed E-state index contributed by atoms with van der Waals surface area (Å²) in [6.07, 6.45) is 0. The molecule has 19 heavy (non-hydrogen) atoms. The number of rotatable bonds is 4. The highest BCUT2D eigenvalue weighted by Crippen LogP contribution is 2.40. The number of anilines is 2. The van der Waals surface area contributed by atoms with Crippen molar-refractivity contribution in [2.45, 2.75) is 13.8 Å². The van der Waals surface area contributed by atoms with E-state index < -0.39 is 0 Å². The molecule has 0 aliphatic carbocycles. The van der Waals surface area contributed by atoms with E-state index in [-0.39, 0.29) is 5.91 Å². The number of fused-ring (bicyclic) bond motifs is 1. The maximum atomic E-state index is 12.0. The van der Waals surface area contributed by atoms with Crippen LogP contribution in [-0.4, -0.2) is 33.2 Å². The molecule has 0 unspecified atom stereocenters. The minimum absolute atomic E-state index is 0.0772. The van der Waals surface area contributed by atoms with Gasteiger partial charge in [0.05, 0.1) is 32.1 Å². The highest BCUT2D eigenvalue weighted by Gasteiger charge is 2.26. The molecule has 0 saturated carbocycles. The second-order valence-electron chi connectivity index (χ2n) is 4.98. The third-order valence-electron chi connectivity index (χ3n) is 3.07.